The number of hydrogen-bond acceptors (Lipinski definition) is 4. The lowest BCUT2D eigenvalue weighted by Crippen LogP contribution is -2.25. The SMILES string of the molecule is CCOCCN(C)c1nc(C)cc(C)c1CO. The standard InChI is InChI=1S/C13H22N2O2/c1-5-17-7-6-15(4)13-12(9-16)10(2)8-11(3)14-13/h8,16H,5-7,9H2,1-4H3. The second-order valence-electron chi connectivity index (χ2n) is 4.16. The van der Waals surface area contributed by atoms with Crippen molar-refractivity contribution in [1.29, 1.82) is 0 Å². The van der Waals surface area contributed by atoms with Crippen LogP contribution in [0.1, 0.15) is 23.7 Å². The minimum Gasteiger partial charge on any atom is -0.392 e. The summed E-state index contributed by atoms with van der Waals surface area (Å²) < 4.78 is 5.33. The molecule has 4 nitrogen and oxygen atoms in total. The fraction of sp³-hybridized carbons (Fsp3) is 0.615. The van der Waals surface area contributed by atoms with E-state index in [9.17, 15) is 5.11 Å². The van der Waals surface area contributed by atoms with Crippen LogP contribution in [0.4, 0.5) is 5.82 Å². The number of aliphatic hydroxyl groups is 1. The molecule has 0 radical (unpaired) electrons. The summed E-state index contributed by atoms with van der Waals surface area (Å²) in [5, 5.41) is 9.41. The molecule has 17 heavy (non-hydrogen) atoms. The summed E-state index contributed by atoms with van der Waals surface area (Å²) in [4.78, 5) is 6.52. The molecule has 0 aliphatic rings. The molecule has 1 aromatic heterocycles. The average molecular weight is 238 g/mol. The third-order valence-corrected chi connectivity index (χ3v) is 2.75. The van der Waals surface area contributed by atoms with E-state index in [0.29, 0.717) is 6.61 Å². The third-order valence-electron chi connectivity index (χ3n) is 2.75. The highest BCUT2D eigenvalue weighted by molar-refractivity contribution is 5.50. The zero-order valence-corrected chi connectivity index (χ0v) is 11.2. The summed E-state index contributed by atoms with van der Waals surface area (Å²) in [6, 6.07) is 1.99. The fourth-order valence-electron chi connectivity index (χ4n) is 1.81. The Balaban J connectivity index is 2.87. The number of aryl methyl sites for hydroxylation is 2. The number of hydrogen-bond donors (Lipinski definition) is 1. The molecular formula is C13H22N2O2. The van der Waals surface area contributed by atoms with Gasteiger partial charge in [0.15, 0.2) is 0 Å². The number of nitrogens with zero attached hydrogens (tertiary/aromatic N) is 2. The monoisotopic (exact) mass is 238 g/mol. The second-order valence-corrected chi connectivity index (χ2v) is 4.16. The number of ether oxygens (including phenoxy) is 1. The van der Waals surface area contributed by atoms with Crippen LogP contribution in [0, 0.1) is 13.8 Å². The average Bonchev–Trinajstić information content (AvgIpc) is 2.28. The van der Waals surface area contributed by atoms with Crippen LogP contribution < -0.4 is 4.90 Å². The van der Waals surface area contributed by atoms with E-state index in [1.165, 1.54) is 0 Å². The topological polar surface area (TPSA) is 45.6 Å². The van der Waals surface area contributed by atoms with Crippen molar-refractivity contribution in [3.8, 4) is 0 Å². The summed E-state index contributed by atoms with van der Waals surface area (Å²) in [6.07, 6.45) is 0. The molecule has 1 aromatic rings. The van der Waals surface area contributed by atoms with Crippen LogP contribution in [0.15, 0.2) is 6.07 Å². The lowest BCUT2D eigenvalue weighted by atomic mass is 10.1. The minimum absolute atomic E-state index is 0.0213. The van der Waals surface area contributed by atoms with Gasteiger partial charge in [0.25, 0.3) is 0 Å². The van der Waals surface area contributed by atoms with Crippen molar-refractivity contribution in [3.63, 3.8) is 0 Å². The van der Waals surface area contributed by atoms with E-state index in [2.05, 4.69) is 4.98 Å². The van der Waals surface area contributed by atoms with Gasteiger partial charge in [-0.05, 0) is 32.4 Å². The predicted molar refractivity (Wildman–Crippen MR) is 69.4 cm³/mol. The fourth-order valence-corrected chi connectivity index (χ4v) is 1.81. The van der Waals surface area contributed by atoms with E-state index in [1.807, 2.05) is 38.8 Å². The van der Waals surface area contributed by atoms with Gasteiger partial charge in [0, 0.05) is 31.5 Å². The Morgan fingerprint density at radius 3 is 2.71 bits per heavy atom. The molecule has 1 heterocycles. The molecule has 0 unspecified atom stereocenters. The Bertz CT molecular complexity index is 367. The third kappa shape index (κ3) is 3.68. The van der Waals surface area contributed by atoms with Gasteiger partial charge in [0.2, 0.25) is 0 Å². The first kappa shape index (κ1) is 13.9. The molecule has 0 aliphatic heterocycles. The van der Waals surface area contributed by atoms with Crippen LogP contribution in [0.25, 0.3) is 0 Å². The quantitative estimate of drug-likeness (QED) is 0.766. The van der Waals surface area contributed by atoms with E-state index < -0.39 is 0 Å². The number of anilines is 1. The first-order valence-corrected chi connectivity index (χ1v) is 5.97. The lowest BCUT2D eigenvalue weighted by Gasteiger charge is -2.22. The molecule has 1 rings (SSSR count). The molecule has 0 aliphatic carbocycles. The molecule has 0 saturated heterocycles. The van der Waals surface area contributed by atoms with Crippen molar-refractivity contribution < 1.29 is 9.84 Å². The molecule has 0 fully saturated rings. The smallest absolute Gasteiger partial charge is 0.134 e. The molecule has 0 saturated carbocycles. The zero-order valence-electron chi connectivity index (χ0n) is 11.2. The maximum Gasteiger partial charge on any atom is 0.134 e. The second kappa shape index (κ2) is 6.57. The summed E-state index contributed by atoms with van der Waals surface area (Å²) in [7, 11) is 1.97. The van der Waals surface area contributed by atoms with Gasteiger partial charge in [0.1, 0.15) is 5.82 Å². The molecule has 0 amide bonds. The van der Waals surface area contributed by atoms with Gasteiger partial charge in [0.05, 0.1) is 13.2 Å². The molecule has 0 spiro atoms. The van der Waals surface area contributed by atoms with Crippen molar-refractivity contribution in [2.75, 3.05) is 31.7 Å². The Morgan fingerprint density at radius 1 is 1.41 bits per heavy atom. The molecule has 0 aromatic carbocycles. The summed E-state index contributed by atoms with van der Waals surface area (Å²) >= 11 is 0. The molecule has 1 N–H and O–H groups in total. The normalized spacial score (nSPS) is 10.6. The highest BCUT2D eigenvalue weighted by Crippen LogP contribution is 2.21. The van der Waals surface area contributed by atoms with Gasteiger partial charge in [-0.2, -0.15) is 0 Å². The van der Waals surface area contributed by atoms with E-state index in [0.717, 1.165) is 35.8 Å². The minimum atomic E-state index is 0.0213. The largest absolute Gasteiger partial charge is 0.392 e. The molecular weight excluding hydrogens is 216 g/mol. The highest BCUT2D eigenvalue weighted by Gasteiger charge is 2.11. The van der Waals surface area contributed by atoms with Gasteiger partial charge >= 0.3 is 0 Å². The van der Waals surface area contributed by atoms with Crippen LogP contribution >= 0.6 is 0 Å². The van der Waals surface area contributed by atoms with Gasteiger partial charge in [-0.25, -0.2) is 4.98 Å². The Morgan fingerprint density at radius 2 is 2.12 bits per heavy atom. The van der Waals surface area contributed by atoms with Crippen LogP contribution in [-0.4, -0.2) is 36.9 Å². The lowest BCUT2D eigenvalue weighted by molar-refractivity contribution is 0.154. The number of pyridine rings is 1. The number of rotatable bonds is 6. The molecule has 4 heteroatoms. The van der Waals surface area contributed by atoms with Crippen molar-refractivity contribution in [2.24, 2.45) is 0 Å². The Kier molecular flexibility index (Phi) is 5.38. The van der Waals surface area contributed by atoms with Crippen LogP contribution in [0.3, 0.4) is 0 Å². The van der Waals surface area contributed by atoms with Crippen LogP contribution in [-0.2, 0) is 11.3 Å². The Hall–Kier alpha value is -1.13. The van der Waals surface area contributed by atoms with E-state index in [-0.39, 0.29) is 6.61 Å². The molecule has 0 bridgehead atoms. The van der Waals surface area contributed by atoms with Gasteiger partial charge in [-0.3, -0.25) is 0 Å². The summed E-state index contributed by atoms with van der Waals surface area (Å²) in [5.41, 5.74) is 2.95. The maximum absolute atomic E-state index is 9.41. The predicted octanol–water partition coefficient (Wildman–Crippen LogP) is 1.66. The van der Waals surface area contributed by atoms with E-state index in [1.54, 1.807) is 0 Å². The molecule has 96 valence electrons. The zero-order chi connectivity index (χ0) is 12.8. The number of aromatic nitrogens is 1. The summed E-state index contributed by atoms with van der Waals surface area (Å²) in [5.74, 6) is 0.852. The van der Waals surface area contributed by atoms with E-state index in [4.69, 9.17) is 4.74 Å². The first-order chi connectivity index (χ1) is 8.10. The van der Waals surface area contributed by atoms with E-state index >= 15 is 0 Å². The maximum atomic E-state index is 9.41. The number of likely N-dealkylation sites (N-methyl/N-ethyl adjacent to an activating group) is 1. The van der Waals surface area contributed by atoms with Gasteiger partial charge < -0.3 is 14.7 Å². The van der Waals surface area contributed by atoms with Gasteiger partial charge in [-0.15, -0.1) is 0 Å². The highest BCUT2D eigenvalue weighted by atomic mass is 16.5. The molecule has 0 atom stereocenters. The van der Waals surface area contributed by atoms with Crippen LogP contribution in [0.5, 0.6) is 0 Å². The van der Waals surface area contributed by atoms with Crippen molar-refractivity contribution in [2.45, 2.75) is 27.4 Å². The number of aliphatic hydroxyl groups excluding tert-OH is 1. The van der Waals surface area contributed by atoms with Crippen molar-refractivity contribution in [1.82, 2.24) is 4.98 Å². The van der Waals surface area contributed by atoms with Crippen LogP contribution in [0.2, 0.25) is 0 Å². The Labute approximate surface area is 103 Å². The van der Waals surface area contributed by atoms with Crippen molar-refractivity contribution in [3.05, 3.63) is 22.9 Å². The first-order valence-electron chi connectivity index (χ1n) is 5.97. The van der Waals surface area contributed by atoms with Gasteiger partial charge in [-0.1, -0.05) is 0 Å². The summed E-state index contributed by atoms with van der Waals surface area (Å²) in [6.45, 7) is 8.14. The van der Waals surface area contributed by atoms with Crippen molar-refractivity contribution >= 4 is 5.82 Å².